The molecule has 1 N–H and O–H groups in total. The summed E-state index contributed by atoms with van der Waals surface area (Å²) in [6.45, 7) is 34.1. The fourth-order valence-corrected chi connectivity index (χ4v) is 39.4. The molecule has 24 aliphatic rings. The molecule has 0 bridgehead atoms. The average Bonchev–Trinajstić information content (AvgIpc) is 1.32. The summed E-state index contributed by atoms with van der Waals surface area (Å²) in [4.78, 5) is 91.7. The van der Waals surface area contributed by atoms with E-state index in [4.69, 9.17) is 0 Å². The van der Waals surface area contributed by atoms with Crippen molar-refractivity contribution in [2.45, 2.75) is 358 Å². The number of amides is 3. The molecule has 0 radical (unpaired) electrons. The van der Waals surface area contributed by atoms with Crippen molar-refractivity contribution >= 4 is 61.1 Å². The van der Waals surface area contributed by atoms with Gasteiger partial charge >= 0.3 is 31.3 Å². The van der Waals surface area contributed by atoms with Gasteiger partial charge < -0.3 is 28.2 Å². The van der Waals surface area contributed by atoms with Gasteiger partial charge in [-0.15, -0.1) is 0 Å². The second-order valence-corrected chi connectivity index (χ2v) is 57.7. The van der Waals surface area contributed by atoms with Gasteiger partial charge in [-0.05, 0) is 426 Å². The van der Waals surface area contributed by atoms with E-state index in [1.165, 1.54) is 113 Å². The Kier molecular flexibility index (Phi) is 28.1. The minimum absolute atomic E-state index is 0.0163. The van der Waals surface area contributed by atoms with Gasteiger partial charge in [-0.1, -0.05) is 154 Å². The molecular formula is C121H169F6N3O14S2. The van der Waals surface area contributed by atoms with E-state index in [0.717, 1.165) is 212 Å². The van der Waals surface area contributed by atoms with E-state index in [1.807, 2.05) is 67.3 Å². The van der Waals surface area contributed by atoms with Gasteiger partial charge in [0.15, 0.2) is 17.3 Å². The highest BCUT2D eigenvalue weighted by Crippen LogP contribution is 2.73. The Balaban J connectivity index is 0.000000111. The lowest BCUT2D eigenvalue weighted by Gasteiger charge is -2.60. The molecule has 3 heterocycles. The van der Waals surface area contributed by atoms with Crippen LogP contribution in [0, 0.1) is 189 Å². The summed E-state index contributed by atoms with van der Waals surface area (Å²) in [5.74, 6) is 14.7. The second kappa shape index (κ2) is 38.0. The van der Waals surface area contributed by atoms with Gasteiger partial charge in [-0.3, -0.25) is 33.6 Å². The number of allylic oxidation sites excluding steroid dienone is 15. The number of ketones is 4. The Morgan fingerprint density at radius 1 is 0.336 bits per heavy atom. The van der Waals surface area contributed by atoms with E-state index < -0.39 is 42.1 Å². The number of alkyl halides is 6. The highest BCUT2D eigenvalue weighted by atomic mass is 32.2. The van der Waals surface area contributed by atoms with Crippen molar-refractivity contribution in [2.75, 3.05) is 40.8 Å². The second-order valence-electron chi connectivity index (χ2n) is 54.6. The molecule has 146 heavy (non-hydrogen) atoms. The largest absolute Gasteiger partial charge is 0.534 e. The number of halogens is 6. The van der Waals surface area contributed by atoms with Crippen LogP contribution >= 0.6 is 0 Å². The summed E-state index contributed by atoms with van der Waals surface area (Å²) in [5.41, 5.74) is -5.49. The number of rotatable bonds is 4. The van der Waals surface area contributed by atoms with Crippen LogP contribution in [0.1, 0.15) is 341 Å². The van der Waals surface area contributed by atoms with E-state index in [0.29, 0.717) is 124 Å². The molecule has 21 aliphatic carbocycles. The molecule has 3 amide bonds. The van der Waals surface area contributed by atoms with Crippen molar-refractivity contribution in [3.05, 3.63) is 118 Å². The number of Topliss-reactive ketones (excluding diaryl/α,β-unsaturated/α-hetero) is 1. The lowest BCUT2D eigenvalue weighted by atomic mass is 9.45. The number of nitrogens with zero attached hydrogens (tertiary/aromatic N) is 3. The maximum atomic E-state index is 12.8. The summed E-state index contributed by atoms with van der Waals surface area (Å²) in [6.07, 6.45) is 65.6. The summed E-state index contributed by atoms with van der Waals surface area (Å²) < 4.78 is 133. The molecule has 0 aromatic rings. The Bertz CT molecular complexity index is 5710. The zero-order chi connectivity index (χ0) is 105. The van der Waals surface area contributed by atoms with Crippen LogP contribution < -0.4 is 0 Å². The zero-order valence-corrected chi connectivity index (χ0v) is 92.0. The Labute approximate surface area is 867 Å². The smallest absolute Gasteiger partial charge is 0.393 e. The first-order chi connectivity index (χ1) is 68.3. The van der Waals surface area contributed by atoms with Crippen LogP contribution in [-0.2, 0) is 62.2 Å². The molecule has 806 valence electrons. The molecule has 17 nitrogen and oxygen atoms in total. The van der Waals surface area contributed by atoms with Crippen LogP contribution in [0.5, 0.6) is 0 Å². The van der Waals surface area contributed by atoms with Gasteiger partial charge in [0.1, 0.15) is 17.3 Å². The number of hydrogen-bond acceptors (Lipinski definition) is 14. The topological polar surface area (TPSA) is 236 Å². The third-order valence-electron chi connectivity index (χ3n) is 48.1. The van der Waals surface area contributed by atoms with E-state index in [2.05, 4.69) is 110 Å². The Hall–Kier alpha value is -6.47. The molecular weight excluding hydrogens is 1900 g/mol. The standard InChI is InChI=1S/C21H26F3NO4S.C21H29F3O3S.C20H29NO2.C20H27NO2.C20H30O.C19H28O2/c1-19-10-11-25(3)18(26)12-13(19)4-5-14-15-6-7-17(20(15,2)9-8-16(14)19)29-30(27,28)21(22,23)24;1-13-8-10-19(2)14(12-13)4-5-15-16-6-7-18(20(16,3)11-9-17(15)19)27-28(25,26)21(22,23)24;2*1-19-10-11-21(3)18(23)12-13(19)4-5-14-15-6-7-17(22)20(15,2)9-8-16(14)19;1-13-8-10-19(2)14(12-13)4-5-15-16-6-7-18(21)20(16,3)11-9-17(15)19;1-18-9-7-13(20)11-12(18)3-4-14-15-5-6-17(21)19(15,2)10-8-16(14)18/h6-7,12,14,16H,4-5,8-11H2,1-3H3;6-7,13-15,17H,4-5,8-12H2,1-3H3;12,14-16H,4-11H2,1-3H3;6-7,12,14-16H,4-5,8-11H2,1-3H3;6-7,13-17H,4-5,8-12H2,1-3H3;5-6,12-16,20H,3-4,7-11H2,1-2H3/t14-,16-,19-,20-;13-,14-,15-,17-,19-,20-;2*14-,15-,16-,19-,20-;13-,14-,15-,16-,17-,19-,20-;12-,13-,14-,15-,16-,18-,19-/m000000/s1. The summed E-state index contributed by atoms with van der Waals surface area (Å²) in [7, 11) is -5.71. The van der Waals surface area contributed by atoms with Gasteiger partial charge in [0, 0.05) is 97.9 Å². The fraction of sp³-hybridized carbons (Fsp3) is 0.777. The molecule has 24 rings (SSSR count). The van der Waals surface area contributed by atoms with Gasteiger partial charge in [0.2, 0.25) is 17.7 Å². The highest BCUT2D eigenvalue weighted by Gasteiger charge is 2.67. The van der Waals surface area contributed by atoms with Gasteiger partial charge in [-0.25, -0.2) is 0 Å². The van der Waals surface area contributed by atoms with Crippen molar-refractivity contribution in [2.24, 2.45) is 189 Å². The first-order valence-corrected chi connectivity index (χ1v) is 59.8. The quantitative estimate of drug-likeness (QED) is 0.157. The van der Waals surface area contributed by atoms with Crippen molar-refractivity contribution in [1.82, 2.24) is 14.7 Å². The van der Waals surface area contributed by atoms with Crippen LogP contribution in [0.3, 0.4) is 0 Å². The SMILES string of the molecule is CN1CC[C@@]2(C)C(=CC1=O)CC[C@@H]1[C@@H]2CC[C@]2(C)C(=O)C=C[C@@H]12.CN1CC[C@@]2(C)C(=CC1=O)CC[C@@H]1[C@@H]2CC[C@]2(C)C(=O)CC[C@@H]12.CN1CC[C@@]2(C)C(=CC1=O)CC[C@H]1C3=CC=C(OS(=O)(=O)C(F)(F)F)[C@@]3(C)CC[C@@H]12.C[C@H]1CC[C@@]2(C)[C@@H](CC[C@@H]3[C@@H]2CC[C@]2(C)C(=O)C=C[C@@H]32)C1.C[C@H]1CC[C@@]2(C)[C@@H](CC[C@H]3C4=CC=C(OS(=O)(=O)C(F)(F)F)[C@@]4(C)CC[C@@H]32)C1.C[C@]12CC[C@H](O)C[C@@H]1CC[C@@H]1[C@@H]2CC[C@]2(C)C(=O)C=C[C@@H]12. The van der Waals surface area contributed by atoms with Gasteiger partial charge in [0.25, 0.3) is 0 Å². The lowest BCUT2D eigenvalue weighted by molar-refractivity contribution is -0.140. The first-order valence-electron chi connectivity index (χ1n) is 56.9. The number of carbonyl (C=O) groups excluding carboxylic acids is 7. The number of aliphatic hydroxyl groups is 1. The predicted octanol–water partition coefficient (Wildman–Crippen LogP) is 25.9. The van der Waals surface area contributed by atoms with Crippen LogP contribution in [-0.4, -0.2) is 135 Å². The lowest BCUT2D eigenvalue weighted by Crippen LogP contribution is -2.54. The minimum Gasteiger partial charge on any atom is -0.393 e. The van der Waals surface area contributed by atoms with Crippen molar-refractivity contribution in [3.8, 4) is 0 Å². The third kappa shape index (κ3) is 17.6. The van der Waals surface area contributed by atoms with Crippen molar-refractivity contribution in [1.29, 1.82) is 0 Å². The highest BCUT2D eigenvalue weighted by molar-refractivity contribution is 7.88. The van der Waals surface area contributed by atoms with E-state index in [1.54, 1.807) is 31.0 Å². The minimum atomic E-state index is -5.70. The van der Waals surface area contributed by atoms with Gasteiger partial charge in [0.05, 0.1) is 6.10 Å². The molecule has 16 fully saturated rings. The molecule has 3 aliphatic heterocycles. The number of carbonyl (C=O) groups is 7. The summed E-state index contributed by atoms with van der Waals surface area (Å²) in [6, 6.07) is 0. The normalized spacial score (nSPS) is 46.5. The van der Waals surface area contributed by atoms with Crippen molar-refractivity contribution in [3.63, 3.8) is 0 Å². The Morgan fingerprint density at radius 2 is 0.671 bits per heavy atom. The molecule has 0 spiro atoms. The Morgan fingerprint density at radius 3 is 1.10 bits per heavy atom. The fourth-order valence-electron chi connectivity index (χ4n) is 38.3. The van der Waals surface area contributed by atoms with E-state index in [9.17, 15) is 81.8 Å². The molecule has 34 atom stereocenters. The molecule has 0 unspecified atom stereocenters. The molecule has 0 aromatic heterocycles. The summed E-state index contributed by atoms with van der Waals surface area (Å²) in [5, 5.41) is 10.0. The average molecular weight is 2070 g/mol. The number of aliphatic hydroxyl groups excluding tert-OH is 1. The third-order valence-corrected chi connectivity index (χ3v) is 50.0. The number of likely N-dealkylation sites (N-methyl/N-ethyl adjacent to an activating group) is 3. The van der Waals surface area contributed by atoms with Crippen molar-refractivity contribution < 1.29 is 90.2 Å². The number of hydrogen-bond donors (Lipinski definition) is 1. The molecule has 16 saturated carbocycles. The predicted molar refractivity (Wildman–Crippen MR) is 552 cm³/mol. The maximum Gasteiger partial charge on any atom is 0.534 e. The van der Waals surface area contributed by atoms with Crippen LogP contribution in [0.4, 0.5) is 26.3 Å². The molecule has 0 aromatic carbocycles. The molecule has 25 heteroatoms. The van der Waals surface area contributed by atoms with E-state index in [-0.39, 0.29) is 90.5 Å². The number of fused-ring (bicyclic) bond motifs is 30. The maximum absolute atomic E-state index is 12.8. The van der Waals surface area contributed by atoms with Crippen LogP contribution in [0.2, 0.25) is 0 Å². The molecule has 0 saturated heterocycles. The zero-order valence-electron chi connectivity index (χ0n) is 90.4. The first kappa shape index (κ1) is 108. The van der Waals surface area contributed by atoms with E-state index >= 15 is 0 Å². The van der Waals surface area contributed by atoms with Crippen LogP contribution in [0.15, 0.2) is 118 Å². The van der Waals surface area contributed by atoms with Gasteiger partial charge in [-0.2, -0.15) is 43.2 Å². The monoisotopic (exact) mass is 2070 g/mol. The summed E-state index contributed by atoms with van der Waals surface area (Å²) >= 11 is 0. The van der Waals surface area contributed by atoms with Crippen LogP contribution in [0.25, 0.3) is 0 Å².